The van der Waals surface area contributed by atoms with E-state index in [0.717, 1.165) is 24.8 Å². The molecule has 0 aliphatic carbocycles. The molecule has 6 heteroatoms. The second-order valence-corrected chi connectivity index (χ2v) is 7.55. The summed E-state index contributed by atoms with van der Waals surface area (Å²) in [6, 6.07) is 20.3. The molecule has 0 radical (unpaired) electrons. The lowest BCUT2D eigenvalue weighted by atomic mass is 10.1. The first-order chi connectivity index (χ1) is 14.7. The third-order valence-corrected chi connectivity index (χ3v) is 5.37. The molecule has 160 valence electrons. The standard InChI is InChI=1S/C24H31N3O3/c1-2-30-24(29)26-17-14-22(15-18-26)25-23(28)27(19-21-11-7-4-8-12-21)16-13-20-9-5-3-6-10-20/h3-12,22H,2,13-19H2,1H3,(H,25,28). The summed E-state index contributed by atoms with van der Waals surface area (Å²) in [5.41, 5.74) is 2.32. The van der Waals surface area contributed by atoms with E-state index in [2.05, 4.69) is 17.4 Å². The van der Waals surface area contributed by atoms with Crippen molar-refractivity contribution in [3.63, 3.8) is 0 Å². The summed E-state index contributed by atoms with van der Waals surface area (Å²) in [5, 5.41) is 3.18. The molecular formula is C24H31N3O3. The molecule has 1 N–H and O–H groups in total. The summed E-state index contributed by atoms with van der Waals surface area (Å²) in [5.74, 6) is 0. The molecule has 0 saturated carbocycles. The van der Waals surface area contributed by atoms with Crippen molar-refractivity contribution in [1.29, 1.82) is 0 Å². The Kier molecular flexibility index (Phi) is 8.12. The minimum atomic E-state index is -0.268. The molecule has 6 nitrogen and oxygen atoms in total. The van der Waals surface area contributed by atoms with Crippen molar-refractivity contribution in [2.45, 2.75) is 38.8 Å². The largest absolute Gasteiger partial charge is 0.450 e. The molecule has 3 amide bonds. The fourth-order valence-corrected chi connectivity index (χ4v) is 3.65. The van der Waals surface area contributed by atoms with E-state index >= 15 is 0 Å². The lowest BCUT2D eigenvalue weighted by molar-refractivity contribution is 0.0950. The minimum absolute atomic E-state index is 0.0515. The average molecular weight is 410 g/mol. The number of benzene rings is 2. The zero-order valence-corrected chi connectivity index (χ0v) is 17.6. The van der Waals surface area contributed by atoms with Crippen LogP contribution in [0.25, 0.3) is 0 Å². The van der Waals surface area contributed by atoms with Crippen molar-refractivity contribution in [3.8, 4) is 0 Å². The molecule has 1 heterocycles. The highest BCUT2D eigenvalue weighted by molar-refractivity contribution is 5.74. The van der Waals surface area contributed by atoms with E-state index in [-0.39, 0.29) is 18.2 Å². The van der Waals surface area contributed by atoms with Crippen LogP contribution in [-0.4, -0.2) is 54.2 Å². The number of piperidine rings is 1. The van der Waals surface area contributed by atoms with Crippen LogP contribution in [0, 0.1) is 0 Å². The Hall–Kier alpha value is -3.02. The van der Waals surface area contributed by atoms with Crippen LogP contribution in [0.3, 0.4) is 0 Å². The first-order valence-corrected chi connectivity index (χ1v) is 10.7. The lowest BCUT2D eigenvalue weighted by Crippen LogP contribution is -2.50. The Balaban J connectivity index is 1.57. The number of urea groups is 1. The number of nitrogens with zero attached hydrogens (tertiary/aromatic N) is 2. The van der Waals surface area contributed by atoms with Gasteiger partial charge in [0.1, 0.15) is 0 Å². The lowest BCUT2D eigenvalue weighted by Gasteiger charge is -2.33. The van der Waals surface area contributed by atoms with E-state index in [9.17, 15) is 9.59 Å². The van der Waals surface area contributed by atoms with E-state index in [1.165, 1.54) is 5.56 Å². The van der Waals surface area contributed by atoms with Crippen molar-refractivity contribution in [1.82, 2.24) is 15.1 Å². The van der Waals surface area contributed by atoms with Gasteiger partial charge in [-0.15, -0.1) is 0 Å². The molecule has 1 saturated heterocycles. The van der Waals surface area contributed by atoms with Crippen molar-refractivity contribution in [3.05, 3.63) is 71.8 Å². The molecule has 0 unspecified atom stereocenters. The van der Waals surface area contributed by atoms with Crippen molar-refractivity contribution in [2.24, 2.45) is 0 Å². The first-order valence-electron chi connectivity index (χ1n) is 10.7. The molecule has 2 aromatic carbocycles. The van der Waals surface area contributed by atoms with Gasteiger partial charge in [0.2, 0.25) is 0 Å². The van der Waals surface area contributed by atoms with Gasteiger partial charge < -0.3 is 19.9 Å². The van der Waals surface area contributed by atoms with Crippen LogP contribution in [-0.2, 0) is 17.7 Å². The number of hydrogen-bond acceptors (Lipinski definition) is 3. The van der Waals surface area contributed by atoms with Crippen LogP contribution in [0.4, 0.5) is 9.59 Å². The van der Waals surface area contributed by atoms with Gasteiger partial charge in [-0.1, -0.05) is 60.7 Å². The maximum atomic E-state index is 13.1. The van der Waals surface area contributed by atoms with Crippen molar-refractivity contribution >= 4 is 12.1 Å². The van der Waals surface area contributed by atoms with Crippen LogP contribution in [0.15, 0.2) is 60.7 Å². The second kappa shape index (κ2) is 11.2. The van der Waals surface area contributed by atoms with E-state index < -0.39 is 0 Å². The summed E-state index contributed by atoms with van der Waals surface area (Å²) in [6.45, 7) is 4.61. The fraction of sp³-hybridized carbons (Fsp3) is 0.417. The number of amides is 3. The van der Waals surface area contributed by atoms with Gasteiger partial charge in [-0.25, -0.2) is 9.59 Å². The fourth-order valence-electron chi connectivity index (χ4n) is 3.65. The van der Waals surface area contributed by atoms with Gasteiger partial charge in [0.25, 0.3) is 0 Å². The van der Waals surface area contributed by atoms with Gasteiger partial charge in [-0.05, 0) is 37.3 Å². The minimum Gasteiger partial charge on any atom is -0.450 e. The maximum absolute atomic E-state index is 13.1. The molecule has 30 heavy (non-hydrogen) atoms. The molecule has 0 aromatic heterocycles. The number of ether oxygens (including phenoxy) is 1. The highest BCUT2D eigenvalue weighted by atomic mass is 16.6. The summed E-state index contributed by atoms with van der Waals surface area (Å²) in [6.07, 6.45) is 2.02. The number of nitrogens with one attached hydrogen (secondary N) is 1. The Bertz CT molecular complexity index is 790. The van der Waals surface area contributed by atoms with Gasteiger partial charge in [0, 0.05) is 32.2 Å². The van der Waals surface area contributed by atoms with Crippen LogP contribution in [0.1, 0.15) is 30.9 Å². The smallest absolute Gasteiger partial charge is 0.409 e. The number of hydrogen-bond donors (Lipinski definition) is 1. The summed E-state index contributed by atoms with van der Waals surface area (Å²) in [7, 11) is 0. The van der Waals surface area contributed by atoms with E-state index in [1.807, 2.05) is 60.4 Å². The summed E-state index contributed by atoms with van der Waals surface area (Å²) < 4.78 is 5.07. The van der Waals surface area contributed by atoms with Crippen LogP contribution in [0.2, 0.25) is 0 Å². The highest BCUT2D eigenvalue weighted by Crippen LogP contribution is 2.13. The van der Waals surface area contributed by atoms with E-state index in [0.29, 0.717) is 32.8 Å². The summed E-state index contributed by atoms with van der Waals surface area (Å²) >= 11 is 0. The quantitative estimate of drug-likeness (QED) is 0.750. The van der Waals surface area contributed by atoms with Gasteiger partial charge in [0.15, 0.2) is 0 Å². The Morgan fingerprint density at radius 3 is 2.20 bits per heavy atom. The van der Waals surface area contributed by atoms with Crippen molar-refractivity contribution in [2.75, 3.05) is 26.2 Å². The molecule has 1 fully saturated rings. The monoisotopic (exact) mass is 409 g/mol. The third-order valence-electron chi connectivity index (χ3n) is 5.37. The molecule has 1 aliphatic heterocycles. The number of carbonyl (C=O) groups excluding carboxylic acids is 2. The molecule has 1 aliphatic rings. The average Bonchev–Trinajstić information content (AvgIpc) is 2.78. The SMILES string of the molecule is CCOC(=O)N1CCC(NC(=O)N(CCc2ccccc2)Cc2ccccc2)CC1. The second-order valence-electron chi connectivity index (χ2n) is 7.55. The van der Waals surface area contributed by atoms with Gasteiger partial charge in [-0.3, -0.25) is 0 Å². The van der Waals surface area contributed by atoms with Gasteiger partial charge in [0.05, 0.1) is 6.61 Å². The predicted molar refractivity (Wildman–Crippen MR) is 117 cm³/mol. The van der Waals surface area contributed by atoms with Crippen LogP contribution >= 0.6 is 0 Å². The van der Waals surface area contributed by atoms with E-state index in [1.54, 1.807) is 4.90 Å². The zero-order valence-electron chi connectivity index (χ0n) is 17.6. The van der Waals surface area contributed by atoms with Crippen molar-refractivity contribution < 1.29 is 14.3 Å². The molecule has 0 atom stereocenters. The number of likely N-dealkylation sites (tertiary alicyclic amines) is 1. The van der Waals surface area contributed by atoms with Gasteiger partial charge >= 0.3 is 12.1 Å². The molecule has 2 aromatic rings. The zero-order chi connectivity index (χ0) is 21.2. The van der Waals surface area contributed by atoms with E-state index in [4.69, 9.17) is 4.74 Å². The highest BCUT2D eigenvalue weighted by Gasteiger charge is 2.26. The topological polar surface area (TPSA) is 61.9 Å². The number of rotatable bonds is 7. The van der Waals surface area contributed by atoms with Gasteiger partial charge in [-0.2, -0.15) is 0 Å². The Morgan fingerprint density at radius 2 is 1.60 bits per heavy atom. The summed E-state index contributed by atoms with van der Waals surface area (Å²) in [4.78, 5) is 28.5. The first kappa shape index (κ1) is 21.7. The predicted octanol–water partition coefficient (Wildman–Crippen LogP) is 4.06. The number of carbonyl (C=O) groups is 2. The Morgan fingerprint density at radius 1 is 1.00 bits per heavy atom. The normalized spacial score (nSPS) is 14.2. The molecule has 3 rings (SSSR count). The van der Waals surface area contributed by atoms with Crippen LogP contribution in [0.5, 0.6) is 0 Å². The molecule has 0 bridgehead atoms. The third kappa shape index (κ3) is 6.51. The Labute approximate surface area is 178 Å². The maximum Gasteiger partial charge on any atom is 0.409 e. The van der Waals surface area contributed by atoms with Crippen LogP contribution < -0.4 is 5.32 Å². The molecule has 0 spiro atoms. The molecular weight excluding hydrogens is 378 g/mol.